The molecule has 0 saturated carbocycles. The summed E-state index contributed by atoms with van der Waals surface area (Å²) in [7, 11) is 1.95. The van der Waals surface area contributed by atoms with Crippen LogP contribution in [-0.4, -0.2) is 28.8 Å². The zero-order valence-corrected chi connectivity index (χ0v) is 14.1. The van der Waals surface area contributed by atoms with Gasteiger partial charge in [0.15, 0.2) is 5.96 Å². The molecule has 0 unspecified atom stereocenters. The lowest BCUT2D eigenvalue weighted by Gasteiger charge is -2.11. The van der Waals surface area contributed by atoms with E-state index < -0.39 is 0 Å². The number of nitrogens with zero attached hydrogens (tertiary/aromatic N) is 3. The zero-order valence-electron chi connectivity index (χ0n) is 14.1. The third-order valence-electron chi connectivity index (χ3n) is 3.71. The number of hydrogen-bond acceptors (Lipinski definition) is 3. The Morgan fingerprint density at radius 3 is 2.87 bits per heavy atom. The number of furan rings is 1. The van der Waals surface area contributed by atoms with E-state index in [4.69, 9.17) is 4.42 Å². The van der Waals surface area contributed by atoms with E-state index in [2.05, 4.69) is 34.2 Å². The number of aryl methyl sites for hydroxylation is 2. The summed E-state index contributed by atoms with van der Waals surface area (Å²) in [6.45, 7) is 9.82. The molecule has 6 heteroatoms. The van der Waals surface area contributed by atoms with E-state index in [1.807, 2.05) is 36.9 Å². The van der Waals surface area contributed by atoms with E-state index in [-0.39, 0.29) is 0 Å². The molecular weight excluding hydrogens is 290 g/mol. The predicted molar refractivity (Wildman–Crippen MR) is 92.4 cm³/mol. The minimum atomic E-state index is 0.596. The Morgan fingerprint density at radius 2 is 2.26 bits per heavy atom. The minimum Gasteiger partial charge on any atom is -0.469 e. The van der Waals surface area contributed by atoms with E-state index in [1.54, 1.807) is 6.26 Å². The van der Waals surface area contributed by atoms with Gasteiger partial charge in [-0.2, -0.15) is 5.10 Å². The Balaban J connectivity index is 1.97. The van der Waals surface area contributed by atoms with Crippen LogP contribution in [0.1, 0.15) is 22.7 Å². The Hall–Kier alpha value is -2.50. The maximum atomic E-state index is 5.33. The van der Waals surface area contributed by atoms with Gasteiger partial charge in [-0.05, 0) is 26.0 Å². The second-order valence-corrected chi connectivity index (χ2v) is 5.36. The molecule has 0 aliphatic heterocycles. The third kappa shape index (κ3) is 4.74. The molecule has 0 aliphatic carbocycles. The zero-order chi connectivity index (χ0) is 16.7. The fraction of sp³-hybridized carbons (Fsp3) is 0.412. The smallest absolute Gasteiger partial charge is 0.191 e. The number of nitrogens with one attached hydrogen (secondary N) is 2. The monoisotopic (exact) mass is 315 g/mol. The number of guanidine groups is 1. The molecule has 2 heterocycles. The van der Waals surface area contributed by atoms with Crippen molar-refractivity contribution in [3.05, 3.63) is 53.8 Å². The van der Waals surface area contributed by atoms with Crippen molar-refractivity contribution in [2.24, 2.45) is 12.0 Å². The second kappa shape index (κ2) is 8.22. The van der Waals surface area contributed by atoms with Crippen LogP contribution < -0.4 is 10.6 Å². The Bertz CT molecular complexity index is 655. The Labute approximate surface area is 137 Å². The highest BCUT2D eigenvalue weighted by molar-refractivity contribution is 5.79. The Kier molecular flexibility index (Phi) is 6.02. The quantitative estimate of drug-likeness (QED) is 0.466. The van der Waals surface area contributed by atoms with Crippen molar-refractivity contribution >= 4 is 5.96 Å². The SMILES string of the molecule is C=CCNC(=NCc1c(C)nn(C)c1C)NCCc1ccco1. The number of hydrogen-bond donors (Lipinski definition) is 2. The summed E-state index contributed by atoms with van der Waals surface area (Å²) in [5, 5.41) is 11.0. The van der Waals surface area contributed by atoms with Crippen molar-refractivity contribution in [1.82, 2.24) is 20.4 Å². The highest BCUT2D eigenvalue weighted by Crippen LogP contribution is 2.12. The normalized spacial score (nSPS) is 11.5. The largest absolute Gasteiger partial charge is 0.469 e. The van der Waals surface area contributed by atoms with Crippen molar-refractivity contribution in [2.75, 3.05) is 13.1 Å². The molecular formula is C17H25N5O. The van der Waals surface area contributed by atoms with E-state index in [0.29, 0.717) is 13.1 Å². The van der Waals surface area contributed by atoms with Crippen molar-refractivity contribution in [2.45, 2.75) is 26.8 Å². The number of aliphatic imine (C=N–C) groups is 1. The highest BCUT2D eigenvalue weighted by atomic mass is 16.3. The summed E-state index contributed by atoms with van der Waals surface area (Å²) >= 11 is 0. The lowest BCUT2D eigenvalue weighted by molar-refractivity contribution is 0.507. The molecule has 0 aromatic carbocycles. The maximum absolute atomic E-state index is 5.33. The molecule has 2 aromatic rings. The van der Waals surface area contributed by atoms with Crippen molar-refractivity contribution in [3.8, 4) is 0 Å². The number of aromatic nitrogens is 2. The first-order valence-electron chi connectivity index (χ1n) is 7.76. The molecule has 6 nitrogen and oxygen atoms in total. The average Bonchev–Trinajstić information content (AvgIpc) is 3.12. The van der Waals surface area contributed by atoms with Gasteiger partial charge in [0.1, 0.15) is 5.76 Å². The molecule has 0 saturated heterocycles. The highest BCUT2D eigenvalue weighted by Gasteiger charge is 2.09. The fourth-order valence-corrected chi connectivity index (χ4v) is 2.31. The van der Waals surface area contributed by atoms with Crippen LogP contribution in [0.25, 0.3) is 0 Å². The van der Waals surface area contributed by atoms with Crippen LogP contribution in [0.4, 0.5) is 0 Å². The van der Waals surface area contributed by atoms with Gasteiger partial charge in [-0.1, -0.05) is 6.08 Å². The van der Waals surface area contributed by atoms with E-state index >= 15 is 0 Å². The Morgan fingerprint density at radius 1 is 1.43 bits per heavy atom. The summed E-state index contributed by atoms with van der Waals surface area (Å²) in [5.74, 6) is 1.72. The van der Waals surface area contributed by atoms with Crippen LogP contribution >= 0.6 is 0 Å². The third-order valence-corrected chi connectivity index (χ3v) is 3.71. The first-order chi connectivity index (χ1) is 11.1. The van der Waals surface area contributed by atoms with Crippen LogP contribution in [0.2, 0.25) is 0 Å². The van der Waals surface area contributed by atoms with Gasteiger partial charge in [-0.25, -0.2) is 4.99 Å². The van der Waals surface area contributed by atoms with Crippen LogP contribution in [-0.2, 0) is 20.0 Å². The second-order valence-electron chi connectivity index (χ2n) is 5.36. The molecule has 23 heavy (non-hydrogen) atoms. The fourth-order valence-electron chi connectivity index (χ4n) is 2.31. The van der Waals surface area contributed by atoms with Gasteiger partial charge in [0.05, 0.1) is 18.5 Å². The molecule has 0 amide bonds. The van der Waals surface area contributed by atoms with Gasteiger partial charge in [0.25, 0.3) is 0 Å². The molecule has 0 fully saturated rings. The van der Waals surface area contributed by atoms with E-state index in [1.165, 1.54) is 5.56 Å². The average molecular weight is 315 g/mol. The van der Waals surface area contributed by atoms with E-state index in [9.17, 15) is 0 Å². The molecule has 2 N–H and O–H groups in total. The van der Waals surface area contributed by atoms with Gasteiger partial charge in [-0.3, -0.25) is 4.68 Å². The van der Waals surface area contributed by atoms with Crippen LogP contribution in [0.3, 0.4) is 0 Å². The van der Waals surface area contributed by atoms with Crippen LogP contribution in [0.15, 0.2) is 40.5 Å². The minimum absolute atomic E-state index is 0.596. The molecule has 124 valence electrons. The van der Waals surface area contributed by atoms with Gasteiger partial charge >= 0.3 is 0 Å². The van der Waals surface area contributed by atoms with Crippen LogP contribution in [0, 0.1) is 13.8 Å². The summed E-state index contributed by atoms with van der Waals surface area (Å²) in [6.07, 6.45) is 4.31. The first-order valence-corrected chi connectivity index (χ1v) is 7.76. The first kappa shape index (κ1) is 16.9. The van der Waals surface area contributed by atoms with Gasteiger partial charge in [0.2, 0.25) is 0 Å². The number of rotatable bonds is 7. The van der Waals surface area contributed by atoms with Crippen LogP contribution in [0.5, 0.6) is 0 Å². The van der Waals surface area contributed by atoms with Crippen molar-refractivity contribution in [3.63, 3.8) is 0 Å². The van der Waals surface area contributed by atoms with Crippen molar-refractivity contribution < 1.29 is 4.42 Å². The van der Waals surface area contributed by atoms with Gasteiger partial charge in [0, 0.05) is 37.8 Å². The lowest BCUT2D eigenvalue weighted by Crippen LogP contribution is -2.38. The maximum Gasteiger partial charge on any atom is 0.191 e. The predicted octanol–water partition coefficient (Wildman–Crippen LogP) is 2.09. The summed E-state index contributed by atoms with van der Waals surface area (Å²) in [4.78, 5) is 4.65. The molecule has 0 radical (unpaired) electrons. The molecule has 0 aliphatic rings. The van der Waals surface area contributed by atoms with Gasteiger partial charge in [-0.15, -0.1) is 6.58 Å². The standard InChI is InChI=1S/C17H25N5O/c1-5-9-18-17(19-10-8-15-7-6-11-23-15)20-12-16-13(2)21-22(4)14(16)3/h5-7,11H,1,8-10,12H2,2-4H3,(H2,18,19,20). The van der Waals surface area contributed by atoms with Crippen molar-refractivity contribution in [1.29, 1.82) is 0 Å². The molecule has 0 bridgehead atoms. The summed E-state index contributed by atoms with van der Waals surface area (Å²) in [5.41, 5.74) is 3.33. The molecule has 2 aromatic heterocycles. The lowest BCUT2D eigenvalue weighted by atomic mass is 10.2. The molecule has 0 spiro atoms. The van der Waals surface area contributed by atoms with Gasteiger partial charge < -0.3 is 15.1 Å². The van der Waals surface area contributed by atoms with E-state index in [0.717, 1.165) is 36.1 Å². The summed E-state index contributed by atoms with van der Waals surface area (Å²) < 4.78 is 7.22. The topological polar surface area (TPSA) is 67.4 Å². The summed E-state index contributed by atoms with van der Waals surface area (Å²) in [6, 6.07) is 3.87. The molecule has 2 rings (SSSR count). The molecule has 0 atom stereocenters.